The van der Waals surface area contributed by atoms with Crippen molar-refractivity contribution in [2.75, 3.05) is 20.8 Å². The standard InChI is InChI=1S/C18H18N4O3S/c1-24-15-4-3-12(9-16(15)25-2)5-6-21-17(23)14-11-26-18(22-14)13-10-19-7-8-20-13/h3-4,7-11H,5-6H2,1-2H3,(H,21,23). The summed E-state index contributed by atoms with van der Waals surface area (Å²) < 4.78 is 10.5. The van der Waals surface area contributed by atoms with Crippen LogP contribution in [0.5, 0.6) is 11.5 Å². The van der Waals surface area contributed by atoms with Crippen LogP contribution < -0.4 is 14.8 Å². The molecular weight excluding hydrogens is 352 g/mol. The number of thiazole rings is 1. The minimum absolute atomic E-state index is 0.211. The number of hydrogen-bond donors (Lipinski definition) is 1. The van der Waals surface area contributed by atoms with Crippen LogP contribution in [0.4, 0.5) is 0 Å². The quantitative estimate of drug-likeness (QED) is 0.688. The summed E-state index contributed by atoms with van der Waals surface area (Å²) in [5, 5.41) is 5.26. The molecule has 8 heteroatoms. The third-order valence-electron chi connectivity index (χ3n) is 3.67. The molecule has 0 fully saturated rings. The summed E-state index contributed by atoms with van der Waals surface area (Å²) in [5.41, 5.74) is 2.08. The lowest BCUT2D eigenvalue weighted by atomic mass is 10.1. The second kappa shape index (κ2) is 8.39. The second-order valence-electron chi connectivity index (χ2n) is 5.32. The van der Waals surface area contributed by atoms with Crippen LogP contribution in [0, 0.1) is 0 Å². The minimum Gasteiger partial charge on any atom is -0.493 e. The summed E-state index contributed by atoms with van der Waals surface area (Å²) in [6.45, 7) is 0.492. The van der Waals surface area contributed by atoms with Crippen molar-refractivity contribution in [3.63, 3.8) is 0 Å². The van der Waals surface area contributed by atoms with Gasteiger partial charge >= 0.3 is 0 Å². The highest BCUT2D eigenvalue weighted by molar-refractivity contribution is 7.13. The Balaban J connectivity index is 1.57. The zero-order valence-electron chi connectivity index (χ0n) is 14.4. The van der Waals surface area contributed by atoms with Crippen molar-refractivity contribution >= 4 is 17.2 Å². The number of carbonyl (C=O) groups excluding carboxylic acids is 1. The molecule has 0 radical (unpaired) electrons. The van der Waals surface area contributed by atoms with E-state index >= 15 is 0 Å². The van der Waals surface area contributed by atoms with Gasteiger partial charge in [-0.2, -0.15) is 0 Å². The van der Waals surface area contributed by atoms with Gasteiger partial charge in [0.05, 0.1) is 20.4 Å². The van der Waals surface area contributed by atoms with E-state index in [1.165, 1.54) is 11.3 Å². The predicted molar refractivity (Wildman–Crippen MR) is 98.7 cm³/mol. The Bertz CT molecular complexity index is 883. The number of rotatable bonds is 7. The van der Waals surface area contributed by atoms with Gasteiger partial charge in [-0.05, 0) is 24.1 Å². The van der Waals surface area contributed by atoms with Crippen molar-refractivity contribution < 1.29 is 14.3 Å². The average Bonchev–Trinajstić information content (AvgIpc) is 3.19. The molecule has 7 nitrogen and oxygen atoms in total. The largest absolute Gasteiger partial charge is 0.493 e. The van der Waals surface area contributed by atoms with Crippen LogP contribution in [-0.2, 0) is 6.42 Å². The molecule has 0 aliphatic heterocycles. The first-order valence-electron chi connectivity index (χ1n) is 7.92. The number of amides is 1. The first kappa shape index (κ1) is 17.8. The number of methoxy groups -OCH3 is 2. The van der Waals surface area contributed by atoms with Crippen molar-refractivity contribution in [2.24, 2.45) is 0 Å². The van der Waals surface area contributed by atoms with Crippen LogP contribution in [0.15, 0.2) is 42.2 Å². The van der Waals surface area contributed by atoms with Crippen molar-refractivity contribution in [3.8, 4) is 22.2 Å². The van der Waals surface area contributed by atoms with Gasteiger partial charge in [-0.15, -0.1) is 11.3 Å². The van der Waals surface area contributed by atoms with Gasteiger partial charge in [0.25, 0.3) is 5.91 Å². The van der Waals surface area contributed by atoms with E-state index in [2.05, 4.69) is 20.3 Å². The lowest BCUT2D eigenvalue weighted by molar-refractivity contribution is 0.0950. The topological polar surface area (TPSA) is 86.2 Å². The van der Waals surface area contributed by atoms with Crippen LogP contribution in [-0.4, -0.2) is 41.6 Å². The fraction of sp³-hybridized carbons (Fsp3) is 0.222. The molecule has 0 saturated heterocycles. The van der Waals surface area contributed by atoms with Gasteiger partial charge in [0, 0.05) is 24.3 Å². The fourth-order valence-electron chi connectivity index (χ4n) is 2.35. The molecule has 1 aromatic carbocycles. The summed E-state index contributed by atoms with van der Waals surface area (Å²) in [7, 11) is 3.20. The van der Waals surface area contributed by atoms with Crippen LogP contribution in [0.3, 0.4) is 0 Å². The zero-order valence-corrected chi connectivity index (χ0v) is 15.2. The van der Waals surface area contributed by atoms with Gasteiger partial charge in [-0.25, -0.2) is 4.98 Å². The van der Waals surface area contributed by atoms with E-state index in [9.17, 15) is 4.79 Å². The number of nitrogens with zero attached hydrogens (tertiary/aromatic N) is 3. The molecule has 1 N–H and O–H groups in total. The van der Waals surface area contributed by atoms with Gasteiger partial charge < -0.3 is 14.8 Å². The van der Waals surface area contributed by atoms with Crippen molar-refractivity contribution in [3.05, 3.63) is 53.4 Å². The SMILES string of the molecule is COc1ccc(CCNC(=O)c2csc(-c3cnccn3)n2)cc1OC. The molecule has 26 heavy (non-hydrogen) atoms. The molecule has 1 amide bonds. The van der Waals surface area contributed by atoms with E-state index in [0.717, 1.165) is 5.56 Å². The predicted octanol–water partition coefficient (Wildman–Crippen LogP) is 2.59. The highest BCUT2D eigenvalue weighted by Crippen LogP contribution is 2.27. The van der Waals surface area contributed by atoms with Gasteiger partial charge in [0.1, 0.15) is 16.4 Å². The molecule has 3 aromatic rings. The second-order valence-corrected chi connectivity index (χ2v) is 6.18. The number of carbonyl (C=O) groups is 1. The van der Waals surface area contributed by atoms with E-state index < -0.39 is 0 Å². The van der Waals surface area contributed by atoms with Crippen LogP contribution in [0.25, 0.3) is 10.7 Å². The van der Waals surface area contributed by atoms with E-state index in [4.69, 9.17) is 9.47 Å². The third-order valence-corrected chi connectivity index (χ3v) is 4.53. The Kier molecular flexibility index (Phi) is 5.75. The molecule has 3 rings (SSSR count). The molecule has 134 valence electrons. The van der Waals surface area contributed by atoms with E-state index in [-0.39, 0.29) is 5.91 Å². The molecule has 0 atom stereocenters. The fourth-order valence-corrected chi connectivity index (χ4v) is 3.11. The molecule has 0 spiro atoms. The first-order valence-corrected chi connectivity index (χ1v) is 8.80. The highest BCUT2D eigenvalue weighted by atomic mass is 32.1. The monoisotopic (exact) mass is 370 g/mol. The zero-order chi connectivity index (χ0) is 18.4. The molecule has 2 heterocycles. The molecule has 0 unspecified atom stereocenters. The smallest absolute Gasteiger partial charge is 0.270 e. The van der Waals surface area contributed by atoms with E-state index in [1.807, 2.05) is 18.2 Å². The van der Waals surface area contributed by atoms with Crippen LogP contribution in [0.2, 0.25) is 0 Å². The maximum absolute atomic E-state index is 12.3. The van der Waals surface area contributed by atoms with Crippen molar-refractivity contribution in [2.45, 2.75) is 6.42 Å². The number of hydrogen-bond acceptors (Lipinski definition) is 7. The average molecular weight is 370 g/mol. The van der Waals surface area contributed by atoms with Gasteiger partial charge in [-0.3, -0.25) is 14.8 Å². The molecule has 0 saturated carbocycles. The van der Waals surface area contributed by atoms with Crippen LogP contribution in [0.1, 0.15) is 16.1 Å². The number of ether oxygens (including phenoxy) is 2. The lowest BCUT2D eigenvalue weighted by Crippen LogP contribution is -2.26. The Morgan fingerprint density at radius 2 is 2.04 bits per heavy atom. The third kappa shape index (κ3) is 4.15. The number of benzene rings is 1. The van der Waals surface area contributed by atoms with E-state index in [1.54, 1.807) is 38.2 Å². The normalized spacial score (nSPS) is 10.4. The Morgan fingerprint density at radius 1 is 1.19 bits per heavy atom. The summed E-state index contributed by atoms with van der Waals surface area (Å²) in [6, 6.07) is 5.70. The van der Waals surface area contributed by atoms with Gasteiger partial charge in [0.2, 0.25) is 0 Å². The summed E-state index contributed by atoms with van der Waals surface area (Å²) in [5.74, 6) is 1.14. The van der Waals surface area contributed by atoms with Gasteiger partial charge in [0.15, 0.2) is 11.5 Å². The number of nitrogens with one attached hydrogen (secondary N) is 1. The Labute approximate surface area is 155 Å². The molecule has 0 bridgehead atoms. The van der Waals surface area contributed by atoms with Crippen molar-refractivity contribution in [1.82, 2.24) is 20.3 Å². The summed E-state index contributed by atoms with van der Waals surface area (Å²) in [6.07, 6.45) is 5.49. The van der Waals surface area contributed by atoms with Crippen LogP contribution >= 0.6 is 11.3 Å². The van der Waals surface area contributed by atoms with E-state index in [0.29, 0.717) is 40.9 Å². The molecule has 0 aliphatic carbocycles. The maximum Gasteiger partial charge on any atom is 0.270 e. The summed E-state index contributed by atoms with van der Waals surface area (Å²) >= 11 is 1.36. The highest BCUT2D eigenvalue weighted by Gasteiger charge is 2.12. The Hall–Kier alpha value is -3.00. The maximum atomic E-state index is 12.3. The lowest BCUT2D eigenvalue weighted by Gasteiger charge is -2.09. The molecular formula is C18H18N4O3S. The Morgan fingerprint density at radius 3 is 2.77 bits per heavy atom. The molecule has 0 aliphatic rings. The number of aromatic nitrogens is 3. The van der Waals surface area contributed by atoms with Gasteiger partial charge in [-0.1, -0.05) is 6.07 Å². The summed E-state index contributed by atoms with van der Waals surface area (Å²) in [4.78, 5) is 24.8. The molecule has 2 aromatic heterocycles. The first-order chi connectivity index (χ1) is 12.7. The van der Waals surface area contributed by atoms with Crippen molar-refractivity contribution in [1.29, 1.82) is 0 Å². The minimum atomic E-state index is -0.211.